The van der Waals surface area contributed by atoms with E-state index in [1.54, 1.807) is 13.0 Å². The highest BCUT2D eigenvalue weighted by Gasteiger charge is 2.18. The molecule has 0 bridgehead atoms. The zero-order valence-corrected chi connectivity index (χ0v) is 17.4. The van der Waals surface area contributed by atoms with Gasteiger partial charge in [-0.1, -0.05) is 11.2 Å². The largest absolute Gasteiger partial charge is 0.494 e. The fourth-order valence-electron chi connectivity index (χ4n) is 2.96. The van der Waals surface area contributed by atoms with Gasteiger partial charge in [0.1, 0.15) is 12.2 Å². The zero-order valence-electron chi connectivity index (χ0n) is 16.6. The lowest BCUT2D eigenvalue weighted by Crippen LogP contribution is -2.29. The molecule has 0 unspecified atom stereocenters. The van der Waals surface area contributed by atoms with Crippen molar-refractivity contribution in [2.24, 2.45) is 0 Å². The van der Waals surface area contributed by atoms with Gasteiger partial charge in [-0.2, -0.15) is 5.10 Å². The van der Waals surface area contributed by atoms with Gasteiger partial charge < -0.3 is 14.6 Å². The molecule has 0 atom stereocenters. The smallest absolute Gasteiger partial charge is 0.268 e. The van der Waals surface area contributed by atoms with E-state index in [-0.39, 0.29) is 18.0 Å². The minimum Gasteiger partial charge on any atom is -0.494 e. The van der Waals surface area contributed by atoms with Crippen LogP contribution in [0, 0.1) is 12.7 Å². The molecular weight excluding hydrogens is 423 g/mol. The molecule has 0 aliphatic rings. The normalized spacial score (nSPS) is 10.8. The number of methoxy groups -OCH3 is 1. The third-order valence-corrected chi connectivity index (χ3v) is 5.25. The molecule has 10 heteroatoms. The monoisotopic (exact) mass is 440 g/mol. The quantitative estimate of drug-likeness (QED) is 0.491. The number of hydrogen-bond acceptors (Lipinski definition) is 7. The van der Waals surface area contributed by atoms with Crippen molar-refractivity contribution >= 4 is 22.9 Å². The van der Waals surface area contributed by atoms with E-state index in [1.807, 2.05) is 17.5 Å². The van der Waals surface area contributed by atoms with Crippen LogP contribution in [0.1, 0.15) is 5.69 Å². The molecule has 31 heavy (non-hydrogen) atoms. The van der Waals surface area contributed by atoms with Crippen molar-refractivity contribution in [2.75, 3.05) is 12.4 Å². The van der Waals surface area contributed by atoms with Crippen LogP contribution in [-0.4, -0.2) is 28.0 Å². The maximum atomic E-state index is 13.9. The van der Waals surface area contributed by atoms with E-state index in [2.05, 4.69) is 15.6 Å². The summed E-state index contributed by atoms with van der Waals surface area (Å²) in [6.07, 6.45) is 0. The maximum absolute atomic E-state index is 13.9. The molecule has 158 valence electrons. The second-order valence-electron chi connectivity index (χ2n) is 6.61. The summed E-state index contributed by atoms with van der Waals surface area (Å²) in [6, 6.07) is 10.8. The SMILES string of the molecule is COc1ccc(NC(=O)Cn2nc(-c3cccs3)c(-c3cc(C)no3)cc2=O)cc1F. The molecule has 0 spiro atoms. The van der Waals surface area contributed by atoms with Gasteiger partial charge in [0.15, 0.2) is 17.3 Å². The molecule has 0 fully saturated rings. The maximum Gasteiger partial charge on any atom is 0.268 e. The molecule has 3 heterocycles. The van der Waals surface area contributed by atoms with Gasteiger partial charge >= 0.3 is 0 Å². The molecule has 8 nitrogen and oxygen atoms in total. The second kappa shape index (κ2) is 8.52. The predicted octanol–water partition coefficient (Wildman–Crippen LogP) is 3.72. The lowest BCUT2D eigenvalue weighted by molar-refractivity contribution is -0.117. The Bertz CT molecular complexity index is 1300. The van der Waals surface area contributed by atoms with Crippen molar-refractivity contribution in [1.29, 1.82) is 0 Å². The van der Waals surface area contributed by atoms with E-state index in [0.29, 0.717) is 22.7 Å². The summed E-state index contributed by atoms with van der Waals surface area (Å²) in [5.41, 5.74) is 1.40. The first-order valence-corrected chi connectivity index (χ1v) is 10.1. The van der Waals surface area contributed by atoms with Crippen molar-refractivity contribution in [3.8, 4) is 27.6 Å². The second-order valence-corrected chi connectivity index (χ2v) is 7.56. The zero-order chi connectivity index (χ0) is 22.0. The topological polar surface area (TPSA) is 99.2 Å². The molecule has 0 saturated heterocycles. The van der Waals surface area contributed by atoms with Crippen molar-refractivity contribution in [3.63, 3.8) is 0 Å². The molecular formula is C21H17FN4O4S. The number of halogens is 1. The Balaban J connectivity index is 1.64. The van der Waals surface area contributed by atoms with Crippen LogP contribution in [0.25, 0.3) is 21.9 Å². The van der Waals surface area contributed by atoms with Crippen LogP contribution >= 0.6 is 11.3 Å². The highest BCUT2D eigenvalue weighted by molar-refractivity contribution is 7.13. The van der Waals surface area contributed by atoms with Crippen molar-refractivity contribution < 1.29 is 18.4 Å². The fraction of sp³-hybridized carbons (Fsp3) is 0.143. The Kier molecular flexibility index (Phi) is 5.63. The number of nitrogens with one attached hydrogen (secondary N) is 1. The van der Waals surface area contributed by atoms with Gasteiger partial charge in [-0.3, -0.25) is 9.59 Å². The fourth-order valence-corrected chi connectivity index (χ4v) is 3.68. The van der Waals surface area contributed by atoms with Crippen LogP contribution in [-0.2, 0) is 11.3 Å². The number of benzene rings is 1. The average molecular weight is 440 g/mol. The van der Waals surface area contributed by atoms with Gasteiger partial charge in [-0.25, -0.2) is 9.07 Å². The van der Waals surface area contributed by atoms with Crippen LogP contribution in [0.2, 0.25) is 0 Å². The van der Waals surface area contributed by atoms with Gasteiger partial charge in [-0.05, 0) is 30.5 Å². The molecule has 0 aliphatic heterocycles. The van der Waals surface area contributed by atoms with Crippen LogP contribution in [0.4, 0.5) is 10.1 Å². The molecule has 1 aromatic carbocycles. The predicted molar refractivity (Wildman–Crippen MR) is 114 cm³/mol. The lowest BCUT2D eigenvalue weighted by atomic mass is 10.1. The molecule has 1 N–H and O–H groups in total. The first-order chi connectivity index (χ1) is 14.9. The minimum atomic E-state index is -0.609. The number of nitrogens with zero attached hydrogens (tertiary/aromatic N) is 3. The Labute approximate surface area is 179 Å². The standard InChI is InChI=1S/C21H17FN4O4S/c1-12-8-17(30-25-12)14-10-20(28)26(24-21(14)18-4-3-7-31-18)11-19(27)23-13-5-6-16(29-2)15(22)9-13/h3-10H,11H2,1-2H3,(H,23,27). The summed E-state index contributed by atoms with van der Waals surface area (Å²) in [4.78, 5) is 25.9. The molecule has 3 aromatic heterocycles. The molecule has 4 rings (SSSR count). The number of rotatable bonds is 6. The first-order valence-electron chi connectivity index (χ1n) is 9.17. The minimum absolute atomic E-state index is 0.0646. The molecule has 4 aromatic rings. The van der Waals surface area contributed by atoms with Crippen molar-refractivity contribution in [3.05, 3.63) is 69.7 Å². The summed E-state index contributed by atoms with van der Waals surface area (Å²) in [5.74, 6) is -0.660. The summed E-state index contributed by atoms with van der Waals surface area (Å²) in [6.45, 7) is 1.43. The first kappa shape index (κ1) is 20.5. The molecule has 0 saturated carbocycles. The average Bonchev–Trinajstić information content (AvgIpc) is 3.41. The number of ether oxygens (including phenoxy) is 1. The highest BCUT2D eigenvalue weighted by atomic mass is 32.1. The number of carbonyl (C=O) groups is 1. The number of hydrogen-bond donors (Lipinski definition) is 1. The van der Waals surface area contributed by atoms with E-state index in [9.17, 15) is 14.0 Å². The molecule has 1 amide bonds. The Morgan fingerprint density at radius 3 is 2.77 bits per heavy atom. The number of anilines is 1. The number of aryl methyl sites for hydroxylation is 1. The van der Waals surface area contributed by atoms with Gasteiger partial charge in [-0.15, -0.1) is 11.3 Å². The van der Waals surface area contributed by atoms with Crippen molar-refractivity contribution in [1.82, 2.24) is 14.9 Å². The Hall–Kier alpha value is -3.79. The summed E-state index contributed by atoms with van der Waals surface area (Å²) in [7, 11) is 1.35. The van der Waals surface area contributed by atoms with Crippen LogP contribution in [0.5, 0.6) is 5.75 Å². The van der Waals surface area contributed by atoms with Gasteiger partial charge in [0.25, 0.3) is 5.56 Å². The highest BCUT2D eigenvalue weighted by Crippen LogP contribution is 2.32. The third-order valence-electron chi connectivity index (χ3n) is 4.37. The third kappa shape index (κ3) is 4.38. The summed E-state index contributed by atoms with van der Waals surface area (Å²) < 4.78 is 25.1. The van der Waals surface area contributed by atoms with Crippen LogP contribution in [0.15, 0.2) is 57.2 Å². The van der Waals surface area contributed by atoms with E-state index < -0.39 is 17.3 Å². The number of amides is 1. The van der Waals surface area contributed by atoms with Crippen LogP contribution < -0.4 is 15.6 Å². The molecule has 0 aliphatic carbocycles. The Morgan fingerprint density at radius 1 is 1.29 bits per heavy atom. The van der Waals surface area contributed by atoms with Gasteiger partial charge in [0.05, 0.1) is 23.2 Å². The van der Waals surface area contributed by atoms with E-state index in [4.69, 9.17) is 9.26 Å². The number of aromatic nitrogens is 3. The van der Waals surface area contributed by atoms with E-state index >= 15 is 0 Å². The van der Waals surface area contributed by atoms with Gasteiger partial charge in [0, 0.05) is 23.9 Å². The van der Waals surface area contributed by atoms with Crippen LogP contribution in [0.3, 0.4) is 0 Å². The Morgan fingerprint density at radius 2 is 2.13 bits per heavy atom. The summed E-state index contributed by atoms with van der Waals surface area (Å²) >= 11 is 1.44. The molecule has 0 radical (unpaired) electrons. The lowest BCUT2D eigenvalue weighted by Gasteiger charge is -2.11. The summed E-state index contributed by atoms with van der Waals surface area (Å²) in [5, 5.41) is 12.7. The van der Waals surface area contributed by atoms with E-state index in [1.165, 1.54) is 36.6 Å². The van der Waals surface area contributed by atoms with E-state index in [0.717, 1.165) is 15.6 Å². The number of carbonyl (C=O) groups excluding carboxylic acids is 1. The van der Waals surface area contributed by atoms with Gasteiger partial charge in [0.2, 0.25) is 5.91 Å². The van der Waals surface area contributed by atoms with Crippen molar-refractivity contribution in [2.45, 2.75) is 13.5 Å². The number of thiophene rings is 1.